The SMILES string of the molecule is CN=C1C(=O)c2ccccc2-c2[nH]c(=O)n(-c3ccccc3)c21. The Labute approximate surface area is 131 Å². The summed E-state index contributed by atoms with van der Waals surface area (Å²) in [5, 5.41) is 0. The highest BCUT2D eigenvalue weighted by Gasteiger charge is 2.33. The Morgan fingerprint density at radius 1 is 0.913 bits per heavy atom. The van der Waals surface area contributed by atoms with Gasteiger partial charge in [0.15, 0.2) is 0 Å². The molecular weight excluding hydrogens is 290 g/mol. The number of Topliss-reactive ketones (excluding diaryl/α,β-unsaturated/α-hetero) is 1. The van der Waals surface area contributed by atoms with E-state index >= 15 is 0 Å². The number of aromatic amines is 1. The molecule has 112 valence electrons. The van der Waals surface area contributed by atoms with Crippen LogP contribution in [0.25, 0.3) is 16.9 Å². The Morgan fingerprint density at radius 3 is 2.26 bits per heavy atom. The maximum absolute atomic E-state index is 12.7. The maximum atomic E-state index is 12.7. The average molecular weight is 303 g/mol. The normalized spacial score (nSPS) is 14.7. The molecule has 1 heterocycles. The van der Waals surface area contributed by atoms with Gasteiger partial charge < -0.3 is 4.98 Å². The third kappa shape index (κ3) is 1.83. The van der Waals surface area contributed by atoms with Gasteiger partial charge in [-0.25, -0.2) is 4.79 Å². The van der Waals surface area contributed by atoms with Crippen LogP contribution in [0.3, 0.4) is 0 Å². The molecular formula is C18H13N3O2. The summed E-state index contributed by atoms with van der Waals surface area (Å²) in [6, 6.07) is 16.5. The second kappa shape index (κ2) is 4.91. The van der Waals surface area contributed by atoms with Crippen molar-refractivity contribution in [2.75, 3.05) is 7.05 Å². The summed E-state index contributed by atoms with van der Waals surface area (Å²) in [4.78, 5) is 32.3. The quantitative estimate of drug-likeness (QED) is 0.750. The van der Waals surface area contributed by atoms with Crippen LogP contribution in [0, 0.1) is 0 Å². The van der Waals surface area contributed by atoms with Crippen molar-refractivity contribution in [1.29, 1.82) is 0 Å². The standard InChI is InChI=1S/C18H13N3O2/c1-19-15-16-14(12-9-5-6-10-13(12)17(15)22)20-18(23)21(16)11-7-3-2-4-8-11/h2-10H,1H3,(H,20,23). The second-order valence-electron chi connectivity index (χ2n) is 5.27. The Balaban J connectivity index is 2.13. The fourth-order valence-electron chi connectivity index (χ4n) is 3.02. The molecule has 0 unspecified atom stereocenters. The molecule has 3 aromatic rings. The highest BCUT2D eigenvalue weighted by Crippen LogP contribution is 2.32. The first kappa shape index (κ1) is 13.5. The summed E-state index contributed by atoms with van der Waals surface area (Å²) >= 11 is 0. The first-order valence-electron chi connectivity index (χ1n) is 7.24. The first-order chi connectivity index (χ1) is 11.2. The number of aliphatic imine (C=N–C) groups is 1. The van der Waals surface area contributed by atoms with Gasteiger partial charge >= 0.3 is 5.69 Å². The first-order valence-corrected chi connectivity index (χ1v) is 7.24. The number of carbonyl (C=O) groups excluding carboxylic acids is 1. The minimum atomic E-state index is -0.285. The molecule has 1 aliphatic rings. The van der Waals surface area contributed by atoms with Crippen LogP contribution in [0.4, 0.5) is 0 Å². The third-order valence-corrected chi connectivity index (χ3v) is 4.01. The fourth-order valence-corrected chi connectivity index (χ4v) is 3.02. The molecule has 0 spiro atoms. The van der Waals surface area contributed by atoms with Gasteiger partial charge in [0, 0.05) is 18.2 Å². The molecule has 0 saturated carbocycles. The minimum absolute atomic E-state index is 0.167. The van der Waals surface area contributed by atoms with Gasteiger partial charge in [-0.05, 0) is 12.1 Å². The van der Waals surface area contributed by atoms with E-state index in [1.165, 1.54) is 4.57 Å². The zero-order valence-electron chi connectivity index (χ0n) is 12.4. The number of nitrogens with zero attached hydrogens (tertiary/aromatic N) is 2. The monoisotopic (exact) mass is 303 g/mol. The molecule has 5 nitrogen and oxygen atoms in total. The number of nitrogens with one attached hydrogen (secondary N) is 1. The lowest BCUT2D eigenvalue weighted by molar-refractivity contribution is 0.106. The average Bonchev–Trinajstić information content (AvgIpc) is 2.93. The van der Waals surface area contributed by atoms with E-state index in [9.17, 15) is 9.59 Å². The van der Waals surface area contributed by atoms with Crippen LogP contribution in [0.2, 0.25) is 0 Å². The van der Waals surface area contributed by atoms with Crippen LogP contribution >= 0.6 is 0 Å². The van der Waals surface area contributed by atoms with Crippen molar-refractivity contribution in [3.8, 4) is 16.9 Å². The van der Waals surface area contributed by atoms with Gasteiger partial charge in [-0.15, -0.1) is 0 Å². The topological polar surface area (TPSA) is 67.2 Å². The fraction of sp³-hybridized carbons (Fsp3) is 0.0556. The van der Waals surface area contributed by atoms with E-state index in [-0.39, 0.29) is 11.5 Å². The van der Waals surface area contributed by atoms with Crippen LogP contribution < -0.4 is 5.69 Å². The van der Waals surface area contributed by atoms with Gasteiger partial charge in [-0.3, -0.25) is 14.4 Å². The van der Waals surface area contributed by atoms with Gasteiger partial charge in [-0.2, -0.15) is 0 Å². The number of para-hydroxylation sites is 1. The molecule has 4 rings (SSSR count). The van der Waals surface area contributed by atoms with Gasteiger partial charge in [0.25, 0.3) is 0 Å². The number of H-pyrrole nitrogens is 1. The zero-order chi connectivity index (χ0) is 16.0. The summed E-state index contributed by atoms with van der Waals surface area (Å²) in [7, 11) is 1.57. The van der Waals surface area contributed by atoms with Crippen molar-refractivity contribution < 1.29 is 4.79 Å². The van der Waals surface area contributed by atoms with Crippen LogP contribution in [0.1, 0.15) is 16.1 Å². The summed E-state index contributed by atoms with van der Waals surface area (Å²) < 4.78 is 1.51. The Hall–Kier alpha value is -3.21. The number of benzene rings is 2. The molecule has 1 aliphatic carbocycles. The molecule has 0 aliphatic heterocycles. The van der Waals surface area contributed by atoms with Crippen molar-refractivity contribution in [3.05, 3.63) is 76.3 Å². The number of aromatic nitrogens is 2. The van der Waals surface area contributed by atoms with E-state index in [4.69, 9.17) is 0 Å². The molecule has 23 heavy (non-hydrogen) atoms. The van der Waals surface area contributed by atoms with Crippen molar-refractivity contribution in [2.45, 2.75) is 0 Å². The molecule has 2 aromatic carbocycles. The maximum Gasteiger partial charge on any atom is 0.331 e. The van der Waals surface area contributed by atoms with Gasteiger partial charge in [0.2, 0.25) is 5.78 Å². The predicted molar refractivity (Wildman–Crippen MR) is 88.6 cm³/mol. The molecule has 0 saturated heterocycles. The largest absolute Gasteiger partial charge is 0.331 e. The van der Waals surface area contributed by atoms with Crippen LogP contribution in [0.15, 0.2) is 64.4 Å². The molecule has 0 amide bonds. The Morgan fingerprint density at radius 2 is 1.57 bits per heavy atom. The lowest BCUT2D eigenvalue weighted by Gasteiger charge is -2.18. The van der Waals surface area contributed by atoms with E-state index in [1.54, 1.807) is 19.2 Å². The predicted octanol–water partition coefficient (Wildman–Crippen LogP) is 2.45. The number of imidazole rings is 1. The molecule has 1 aromatic heterocycles. The zero-order valence-corrected chi connectivity index (χ0v) is 12.4. The summed E-state index contributed by atoms with van der Waals surface area (Å²) in [5.41, 5.74) is 3.15. The third-order valence-electron chi connectivity index (χ3n) is 4.01. The van der Waals surface area contributed by atoms with Crippen LogP contribution in [-0.2, 0) is 0 Å². The number of hydrogen-bond acceptors (Lipinski definition) is 3. The van der Waals surface area contributed by atoms with Gasteiger partial charge in [0.1, 0.15) is 11.4 Å². The molecule has 0 atom stereocenters. The smallest absolute Gasteiger partial charge is 0.305 e. The number of carbonyl (C=O) groups is 1. The highest BCUT2D eigenvalue weighted by atomic mass is 16.1. The summed E-state index contributed by atoms with van der Waals surface area (Å²) in [6.45, 7) is 0. The molecule has 0 bridgehead atoms. The van der Waals surface area contributed by atoms with E-state index in [0.29, 0.717) is 28.4 Å². The van der Waals surface area contributed by atoms with Crippen molar-refractivity contribution in [2.24, 2.45) is 4.99 Å². The molecule has 0 radical (unpaired) electrons. The summed E-state index contributed by atoms with van der Waals surface area (Å²) in [6.07, 6.45) is 0. The lowest BCUT2D eigenvalue weighted by atomic mass is 9.89. The second-order valence-corrected chi connectivity index (χ2v) is 5.27. The van der Waals surface area contributed by atoms with E-state index in [0.717, 1.165) is 5.56 Å². The van der Waals surface area contributed by atoms with E-state index in [1.807, 2.05) is 42.5 Å². The molecule has 0 fully saturated rings. The van der Waals surface area contributed by atoms with E-state index < -0.39 is 0 Å². The van der Waals surface area contributed by atoms with Crippen LogP contribution in [-0.4, -0.2) is 28.1 Å². The highest BCUT2D eigenvalue weighted by molar-refractivity contribution is 6.54. The Bertz CT molecular complexity index is 1010. The van der Waals surface area contributed by atoms with Crippen molar-refractivity contribution >= 4 is 11.5 Å². The lowest BCUT2D eigenvalue weighted by Crippen LogP contribution is -2.26. The van der Waals surface area contributed by atoms with E-state index in [2.05, 4.69) is 9.98 Å². The number of ketones is 1. The van der Waals surface area contributed by atoms with Crippen LogP contribution in [0.5, 0.6) is 0 Å². The van der Waals surface area contributed by atoms with Gasteiger partial charge in [0.05, 0.1) is 11.4 Å². The molecule has 5 heteroatoms. The number of hydrogen-bond donors (Lipinski definition) is 1. The van der Waals surface area contributed by atoms with Gasteiger partial charge in [-0.1, -0.05) is 42.5 Å². The number of rotatable bonds is 1. The minimum Gasteiger partial charge on any atom is -0.305 e. The van der Waals surface area contributed by atoms with Crippen molar-refractivity contribution in [3.63, 3.8) is 0 Å². The number of fused-ring (bicyclic) bond motifs is 3. The Kier molecular flexibility index (Phi) is 2.87. The molecule has 1 N–H and O–H groups in total. The summed E-state index contributed by atoms with van der Waals surface area (Å²) in [5.74, 6) is -0.167. The van der Waals surface area contributed by atoms with Crippen molar-refractivity contribution in [1.82, 2.24) is 9.55 Å².